The van der Waals surface area contributed by atoms with Gasteiger partial charge in [0.25, 0.3) is 0 Å². The average molecular weight is 226 g/mol. The Labute approximate surface area is 94.0 Å². The normalized spacial score (nSPS) is 18.9. The maximum atomic E-state index is 13.6. The van der Waals surface area contributed by atoms with Gasteiger partial charge in [-0.15, -0.1) is 0 Å². The van der Waals surface area contributed by atoms with Gasteiger partial charge in [0, 0.05) is 12.1 Å². The Kier molecular flexibility index (Phi) is 3.51. The molecule has 2 rings (SSSR count). The highest BCUT2D eigenvalue weighted by Gasteiger charge is 2.26. The summed E-state index contributed by atoms with van der Waals surface area (Å²) < 4.78 is 27.2. The molecule has 4 heteroatoms. The molecular formula is C12H16F2N2. The smallest absolute Gasteiger partial charge is 0.130 e. The van der Waals surface area contributed by atoms with Crippen molar-refractivity contribution in [2.45, 2.75) is 18.9 Å². The van der Waals surface area contributed by atoms with E-state index in [4.69, 9.17) is 5.73 Å². The van der Waals surface area contributed by atoms with Crippen LogP contribution in [0.3, 0.4) is 0 Å². The van der Waals surface area contributed by atoms with Crippen LogP contribution in [0.1, 0.15) is 24.4 Å². The van der Waals surface area contributed by atoms with Crippen LogP contribution in [0, 0.1) is 11.6 Å². The molecule has 1 aliphatic rings. The monoisotopic (exact) mass is 226 g/mol. The van der Waals surface area contributed by atoms with Crippen molar-refractivity contribution in [1.82, 2.24) is 4.90 Å². The lowest BCUT2D eigenvalue weighted by atomic mass is 10.0. The van der Waals surface area contributed by atoms with Crippen LogP contribution in [0.15, 0.2) is 18.2 Å². The molecule has 0 radical (unpaired) electrons. The van der Waals surface area contributed by atoms with E-state index in [0.717, 1.165) is 25.9 Å². The minimum Gasteiger partial charge on any atom is -0.329 e. The van der Waals surface area contributed by atoms with E-state index in [2.05, 4.69) is 4.90 Å². The third-order valence-electron chi connectivity index (χ3n) is 3.14. The molecule has 88 valence electrons. The van der Waals surface area contributed by atoms with Gasteiger partial charge in [-0.3, -0.25) is 4.90 Å². The molecule has 0 aliphatic carbocycles. The van der Waals surface area contributed by atoms with Crippen molar-refractivity contribution in [1.29, 1.82) is 0 Å². The second kappa shape index (κ2) is 4.89. The molecule has 0 aromatic heterocycles. The molecule has 0 saturated carbocycles. The Hall–Kier alpha value is -1.00. The van der Waals surface area contributed by atoms with Gasteiger partial charge in [-0.25, -0.2) is 8.78 Å². The van der Waals surface area contributed by atoms with Gasteiger partial charge >= 0.3 is 0 Å². The Morgan fingerprint density at radius 2 is 1.75 bits per heavy atom. The summed E-state index contributed by atoms with van der Waals surface area (Å²) in [6, 6.07) is 3.63. The lowest BCUT2D eigenvalue weighted by Crippen LogP contribution is -2.32. The molecular weight excluding hydrogens is 210 g/mol. The number of rotatable bonds is 3. The van der Waals surface area contributed by atoms with Crippen molar-refractivity contribution < 1.29 is 8.78 Å². The minimum atomic E-state index is -0.498. The number of hydrogen-bond acceptors (Lipinski definition) is 2. The number of hydrogen-bond donors (Lipinski definition) is 1. The van der Waals surface area contributed by atoms with Crippen LogP contribution in [0.5, 0.6) is 0 Å². The molecule has 1 atom stereocenters. The Morgan fingerprint density at radius 1 is 1.19 bits per heavy atom. The fraction of sp³-hybridized carbons (Fsp3) is 0.500. The van der Waals surface area contributed by atoms with Gasteiger partial charge in [0.2, 0.25) is 0 Å². The highest BCUT2D eigenvalue weighted by Crippen LogP contribution is 2.28. The zero-order chi connectivity index (χ0) is 11.5. The van der Waals surface area contributed by atoms with Crippen LogP contribution >= 0.6 is 0 Å². The second-order valence-corrected chi connectivity index (χ2v) is 4.13. The summed E-state index contributed by atoms with van der Waals surface area (Å²) in [5.74, 6) is -0.996. The molecule has 2 nitrogen and oxygen atoms in total. The maximum Gasteiger partial charge on any atom is 0.130 e. The van der Waals surface area contributed by atoms with E-state index < -0.39 is 11.6 Å². The van der Waals surface area contributed by atoms with Gasteiger partial charge < -0.3 is 5.73 Å². The molecule has 1 saturated heterocycles. The number of nitrogens with zero attached hydrogens (tertiary/aromatic N) is 1. The zero-order valence-electron chi connectivity index (χ0n) is 9.13. The molecule has 2 N–H and O–H groups in total. The van der Waals surface area contributed by atoms with E-state index in [1.807, 2.05) is 0 Å². The molecule has 1 aromatic carbocycles. The Morgan fingerprint density at radius 3 is 2.25 bits per heavy atom. The molecule has 0 amide bonds. The molecule has 16 heavy (non-hydrogen) atoms. The van der Waals surface area contributed by atoms with Gasteiger partial charge in [-0.1, -0.05) is 6.07 Å². The summed E-state index contributed by atoms with van der Waals surface area (Å²) in [6.07, 6.45) is 2.15. The second-order valence-electron chi connectivity index (χ2n) is 4.13. The average Bonchev–Trinajstić information content (AvgIpc) is 2.77. The van der Waals surface area contributed by atoms with Gasteiger partial charge in [0.05, 0.1) is 6.04 Å². The van der Waals surface area contributed by atoms with Crippen LogP contribution in [0.2, 0.25) is 0 Å². The van der Waals surface area contributed by atoms with E-state index in [-0.39, 0.29) is 18.2 Å². The lowest BCUT2D eigenvalue weighted by molar-refractivity contribution is 0.240. The fourth-order valence-corrected chi connectivity index (χ4v) is 2.33. The minimum absolute atomic E-state index is 0.118. The van der Waals surface area contributed by atoms with Gasteiger partial charge in [0.15, 0.2) is 0 Å². The first-order valence-electron chi connectivity index (χ1n) is 5.62. The summed E-state index contributed by atoms with van der Waals surface area (Å²) >= 11 is 0. The van der Waals surface area contributed by atoms with Crippen molar-refractivity contribution in [2.24, 2.45) is 5.73 Å². The van der Waals surface area contributed by atoms with E-state index in [9.17, 15) is 8.78 Å². The topological polar surface area (TPSA) is 29.3 Å². The van der Waals surface area contributed by atoms with Crippen LogP contribution in [0.25, 0.3) is 0 Å². The number of benzene rings is 1. The Bertz CT molecular complexity index is 342. The molecule has 1 aromatic rings. The lowest BCUT2D eigenvalue weighted by Gasteiger charge is -2.27. The summed E-state index contributed by atoms with van der Waals surface area (Å²) in [5.41, 5.74) is 5.76. The maximum absolute atomic E-state index is 13.6. The van der Waals surface area contributed by atoms with Crippen molar-refractivity contribution in [3.63, 3.8) is 0 Å². The quantitative estimate of drug-likeness (QED) is 0.854. The molecule has 1 heterocycles. The predicted octanol–water partition coefficient (Wildman–Crippen LogP) is 2.06. The van der Waals surface area contributed by atoms with Crippen molar-refractivity contribution >= 4 is 0 Å². The fourth-order valence-electron chi connectivity index (χ4n) is 2.33. The van der Waals surface area contributed by atoms with E-state index in [1.54, 1.807) is 0 Å². The number of likely N-dealkylation sites (tertiary alicyclic amines) is 1. The summed E-state index contributed by atoms with van der Waals surface area (Å²) in [5, 5.41) is 0. The Balaban J connectivity index is 2.32. The van der Waals surface area contributed by atoms with E-state index >= 15 is 0 Å². The molecule has 0 unspecified atom stereocenters. The number of nitrogens with two attached hydrogens (primary N) is 1. The molecule has 1 aliphatic heterocycles. The highest BCUT2D eigenvalue weighted by molar-refractivity contribution is 5.24. The molecule has 0 spiro atoms. The van der Waals surface area contributed by atoms with Crippen molar-refractivity contribution in [3.8, 4) is 0 Å². The van der Waals surface area contributed by atoms with Crippen LogP contribution < -0.4 is 5.73 Å². The van der Waals surface area contributed by atoms with Crippen LogP contribution in [-0.4, -0.2) is 24.5 Å². The third-order valence-corrected chi connectivity index (χ3v) is 3.14. The van der Waals surface area contributed by atoms with E-state index in [0.29, 0.717) is 0 Å². The zero-order valence-corrected chi connectivity index (χ0v) is 9.13. The predicted molar refractivity (Wildman–Crippen MR) is 59.0 cm³/mol. The first kappa shape index (κ1) is 11.5. The molecule has 1 fully saturated rings. The van der Waals surface area contributed by atoms with Gasteiger partial charge in [-0.05, 0) is 38.1 Å². The van der Waals surface area contributed by atoms with E-state index in [1.165, 1.54) is 18.2 Å². The summed E-state index contributed by atoms with van der Waals surface area (Å²) in [6.45, 7) is 1.99. The number of halogens is 2. The van der Waals surface area contributed by atoms with Crippen molar-refractivity contribution in [2.75, 3.05) is 19.6 Å². The van der Waals surface area contributed by atoms with Gasteiger partial charge in [-0.2, -0.15) is 0 Å². The van der Waals surface area contributed by atoms with Gasteiger partial charge in [0.1, 0.15) is 11.6 Å². The first-order chi connectivity index (χ1) is 7.74. The third kappa shape index (κ3) is 2.08. The summed E-state index contributed by atoms with van der Waals surface area (Å²) in [7, 11) is 0. The molecule has 0 bridgehead atoms. The summed E-state index contributed by atoms with van der Waals surface area (Å²) in [4.78, 5) is 2.06. The van der Waals surface area contributed by atoms with Crippen molar-refractivity contribution in [3.05, 3.63) is 35.4 Å². The van der Waals surface area contributed by atoms with Crippen LogP contribution in [-0.2, 0) is 0 Å². The first-order valence-corrected chi connectivity index (χ1v) is 5.62. The highest BCUT2D eigenvalue weighted by atomic mass is 19.1. The standard InChI is InChI=1S/C12H16F2N2/c13-9-4-3-5-10(14)12(9)11(8-15)16-6-1-2-7-16/h3-5,11H,1-2,6-8,15H2/t11-/m1/s1. The van der Waals surface area contributed by atoms with Crippen LogP contribution in [0.4, 0.5) is 8.78 Å². The SMILES string of the molecule is NC[C@H](c1c(F)cccc1F)N1CCCC1. The largest absolute Gasteiger partial charge is 0.329 e.